The fourth-order valence-electron chi connectivity index (χ4n) is 3.27. The zero-order chi connectivity index (χ0) is 21.5. The van der Waals surface area contributed by atoms with Crippen LogP contribution in [0.3, 0.4) is 0 Å². The van der Waals surface area contributed by atoms with Crippen molar-refractivity contribution in [1.29, 1.82) is 0 Å². The van der Waals surface area contributed by atoms with Crippen LogP contribution in [-0.4, -0.2) is 21.5 Å². The van der Waals surface area contributed by atoms with Crippen molar-refractivity contribution in [2.24, 2.45) is 0 Å². The first-order valence-electron chi connectivity index (χ1n) is 10.2. The Morgan fingerprint density at radius 2 is 1.83 bits per heavy atom. The standard InChI is InChI=1S/C24H26FN3O2/c1-3-21-15-23(30)28(24(27-21)19-11-13-20(25)14-12-19)16-22(29)26-17(2)9-10-18-7-5-4-6-8-18/h4-8,11-15,17H,3,9-10,16H2,1-2H3,(H,26,29)/t17-/m1/s1. The number of benzene rings is 2. The highest BCUT2D eigenvalue weighted by molar-refractivity contribution is 5.76. The van der Waals surface area contributed by atoms with E-state index in [1.54, 1.807) is 12.1 Å². The molecule has 0 saturated heterocycles. The number of nitrogens with one attached hydrogen (secondary N) is 1. The third-order valence-corrected chi connectivity index (χ3v) is 4.94. The molecule has 1 amide bonds. The minimum atomic E-state index is -0.371. The number of rotatable bonds is 8. The third-order valence-electron chi connectivity index (χ3n) is 4.94. The Kier molecular flexibility index (Phi) is 7.12. The maximum atomic E-state index is 13.3. The molecule has 1 heterocycles. The van der Waals surface area contributed by atoms with E-state index in [4.69, 9.17) is 0 Å². The van der Waals surface area contributed by atoms with E-state index in [9.17, 15) is 14.0 Å². The quantitative estimate of drug-likeness (QED) is 0.619. The van der Waals surface area contributed by atoms with Gasteiger partial charge in [0.2, 0.25) is 5.91 Å². The lowest BCUT2D eigenvalue weighted by Gasteiger charge is -2.17. The summed E-state index contributed by atoms with van der Waals surface area (Å²) in [4.78, 5) is 29.8. The van der Waals surface area contributed by atoms with E-state index in [0.29, 0.717) is 23.5 Å². The van der Waals surface area contributed by atoms with Crippen molar-refractivity contribution in [3.05, 3.63) is 88.1 Å². The fourth-order valence-corrected chi connectivity index (χ4v) is 3.27. The lowest BCUT2D eigenvalue weighted by atomic mass is 10.1. The van der Waals surface area contributed by atoms with E-state index < -0.39 is 0 Å². The van der Waals surface area contributed by atoms with Crippen LogP contribution in [0.4, 0.5) is 4.39 Å². The second-order valence-corrected chi connectivity index (χ2v) is 7.35. The minimum absolute atomic E-state index is 0.0365. The molecule has 0 aliphatic carbocycles. The number of halogens is 1. The van der Waals surface area contributed by atoms with Gasteiger partial charge in [-0.15, -0.1) is 0 Å². The summed E-state index contributed by atoms with van der Waals surface area (Å²) in [6.45, 7) is 3.71. The van der Waals surface area contributed by atoms with E-state index in [-0.39, 0.29) is 29.9 Å². The van der Waals surface area contributed by atoms with Gasteiger partial charge in [0.1, 0.15) is 18.2 Å². The van der Waals surface area contributed by atoms with Crippen molar-refractivity contribution in [1.82, 2.24) is 14.9 Å². The highest BCUT2D eigenvalue weighted by atomic mass is 19.1. The summed E-state index contributed by atoms with van der Waals surface area (Å²) in [6, 6.07) is 17.2. The van der Waals surface area contributed by atoms with Gasteiger partial charge in [0, 0.05) is 23.4 Å². The van der Waals surface area contributed by atoms with Crippen LogP contribution in [0, 0.1) is 5.82 Å². The van der Waals surface area contributed by atoms with Gasteiger partial charge in [0.25, 0.3) is 5.56 Å². The van der Waals surface area contributed by atoms with Crippen LogP contribution in [0.5, 0.6) is 0 Å². The topological polar surface area (TPSA) is 64.0 Å². The van der Waals surface area contributed by atoms with Crippen LogP contribution in [0.25, 0.3) is 11.4 Å². The van der Waals surface area contributed by atoms with Crippen molar-refractivity contribution in [3.63, 3.8) is 0 Å². The van der Waals surface area contributed by atoms with E-state index in [2.05, 4.69) is 22.4 Å². The summed E-state index contributed by atoms with van der Waals surface area (Å²) in [6.07, 6.45) is 2.24. The molecule has 3 aromatic rings. The summed E-state index contributed by atoms with van der Waals surface area (Å²) >= 11 is 0. The number of amides is 1. The Balaban J connectivity index is 1.74. The molecule has 5 nitrogen and oxygen atoms in total. The molecule has 2 aromatic carbocycles. The molecule has 1 atom stereocenters. The Hall–Kier alpha value is -3.28. The molecule has 0 bridgehead atoms. The molecular weight excluding hydrogens is 381 g/mol. The van der Waals surface area contributed by atoms with Crippen molar-refractivity contribution < 1.29 is 9.18 Å². The number of aryl methyl sites for hydroxylation is 2. The monoisotopic (exact) mass is 407 g/mol. The Morgan fingerprint density at radius 3 is 2.50 bits per heavy atom. The minimum Gasteiger partial charge on any atom is -0.352 e. The van der Waals surface area contributed by atoms with Crippen LogP contribution in [-0.2, 0) is 24.2 Å². The molecule has 3 rings (SSSR count). The van der Waals surface area contributed by atoms with Gasteiger partial charge in [-0.3, -0.25) is 14.2 Å². The smallest absolute Gasteiger partial charge is 0.254 e. The third kappa shape index (κ3) is 5.63. The van der Waals surface area contributed by atoms with Crippen LogP contribution >= 0.6 is 0 Å². The Bertz CT molecular complexity index is 1050. The van der Waals surface area contributed by atoms with Gasteiger partial charge in [-0.05, 0) is 56.0 Å². The van der Waals surface area contributed by atoms with Gasteiger partial charge < -0.3 is 5.32 Å². The van der Waals surface area contributed by atoms with E-state index in [0.717, 1.165) is 12.8 Å². The number of carbonyl (C=O) groups excluding carboxylic acids is 1. The first-order chi connectivity index (χ1) is 14.5. The molecule has 1 N–H and O–H groups in total. The Morgan fingerprint density at radius 1 is 1.13 bits per heavy atom. The predicted molar refractivity (Wildman–Crippen MR) is 116 cm³/mol. The molecule has 0 spiro atoms. The molecule has 0 fully saturated rings. The highest BCUT2D eigenvalue weighted by Gasteiger charge is 2.15. The first kappa shape index (κ1) is 21.4. The molecule has 0 saturated carbocycles. The molecule has 156 valence electrons. The molecule has 0 radical (unpaired) electrons. The summed E-state index contributed by atoms with van der Waals surface area (Å²) in [5, 5.41) is 2.96. The maximum absolute atomic E-state index is 13.3. The van der Waals surface area contributed by atoms with E-state index >= 15 is 0 Å². The van der Waals surface area contributed by atoms with Gasteiger partial charge in [0.15, 0.2) is 0 Å². The number of hydrogen-bond acceptors (Lipinski definition) is 3. The van der Waals surface area contributed by atoms with E-state index in [1.165, 1.54) is 28.3 Å². The van der Waals surface area contributed by atoms with Gasteiger partial charge in [0.05, 0.1) is 0 Å². The fraction of sp³-hybridized carbons (Fsp3) is 0.292. The van der Waals surface area contributed by atoms with Gasteiger partial charge in [-0.1, -0.05) is 37.3 Å². The predicted octanol–water partition coefficient (Wildman–Crippen LogP) is 3.75. The van der Waals surface area contributed by atoms with Crippen molar-refractivity contribution in [3.8, 4) is 11.4 Å². The zero-order valence-corrected chi connectivity index (χ0v) is 17.3. The SMILES string of the molecule is CCc1cc(=O)n(CC(=O)N[C@H](C)CCc2ccccc2)c(-c2ccc(F)cc2)n1. The first-order valence-corrected chi connectivity index (χ1v) is 10.2. The van der Waals surface area contributed by atoms with Gasteiger partial charge >= 0.3 is 0 Å². The summed E-state index contributed by atoms with van der Waals surface area (Å²) in [5.74, 6) is -0.261. The van der Waals surface area contributed by atoms with Gasteiger partial charge in [-0.2, -0.15) is 0 Å². The second kappa shape index (κ2) is 9.96. The number of carbonyl (C=O) groups is 1. The highest BCUT2D eigenvalue weighted by Crippen LogP contribution is 2.17. The molecule has 1 aromatic heterocycles. The summed E-state index contributed by atoms with van der Waals surface area (Å²) in [7, 11) is 0. The van der Waals surface area contributed by atoms with Crippen molar-refractivity contribution >= 4 is 5.91 Å². The molecule has 0 unspecified atom stereocenters. The normalized spacial score (nSPS) is 11.8. The Labute approximate surface area is 175 Å². The summed E-state index contributed by atoms with van der Waals surface area (Å²) in [5.41, 5.74) is 2.14. The summed E-state index contributed by atoms with van der Waals surface area (Å²) < 4.78 is 14.7. The average molecular weight is 407 g/mol. The molecular formula is C24H26FN3O2. The molecule has 6 heteroatoms. The molecule has 30 heavy (non-hydrogen) atoms. The van der Waals surface area contributed by atoms with Crippen molar-refractivity contribution in [2.45, 2.75) is 45.7 Å². The second-order valence-electron chi connectivity index (χ2n) is 7.35. The van der Waals surface area contributed by atoms with Crippen LogP contribution in [0.15, 0.2) is 65.5 Å². The number of nitrogens with zero attached hydrogens (tertiary/aromatic N) is 2. The lowest BCUT2D eigenvalue weighted by Crippen LogP contribution is -2.38. The average Bonchev–Trinajstić information content (AvgIpc) is 2.75. The van der Waals surface area contributed by atoms with Crippen LogP contribution < -0.4 is 10.9 Å². The number of hydrogen-bond donors (Lipinski definition) is 1. The number of aromatic nitrogens is 2. The zero-order valence-electron chi connectivity index (χ0n) is 17.3. The van der Waals surface area contributed by atoms with Gasteiger partial charge in [-0.25, -0.2) is 9.37 Å². The molecule has 0 aliphatic rings. The van der Waals surface area contributed by atoms with Crippen LogP contribution in [0.2, 0.25) is 0 Å². The van der Waals surface area contributed by atoms with Crippen molar-refractivity contribution in [2.75, 3.05) is 0 Å². The lowest BCUT2D eigenvalue weighted by molar-refractivity contribution is -0.122. The molecule has 0 aliphatic heterocycles. The van der Waals surface area contributed by atoms with Crippen LogP contribution in [0.1, 0.15) is 31.5 Å². The maximum Gasteiger partial charge on any atom is 0.254 e. The largest absolute Gasteiger partial charge is 0.352 e. The van der Waals surface area contributed by atoms with E-state index in [1.807, 2.05) is 32.0 Å².